The van der Waals surface area contributed by atoms with Gasteiger partial charge in [-0.1, -0.05) is 32.9 Å². The van der Waals surface area contributed by atoms with Crippen molar-refractivity contribution in [3.05, 3.63) is 29.8 Å². The Kier molecular flexibility index (Phi) is 7.68. The highest BCUT2D eigenvalue weighted by molar-refractivity contribution is 7.97. The Morgan fingerprint density at radius 3 is 2.44 bits per heavy atom. The molecule has 2 aliphatic rings. The van der Waals surface area contributed by atoms with Crippen molar-refractivity contribution in [2.75, 3.05) is 6.54 Å². The lowest BCUT2D eigenvalue weighted by Crippen LogP contribution is -2.60. The Morgan fingerprint density at radius 1 is 1.21 bits per heavy atom. The summed E-state index contributed by atoms with van der Waals surface area (Å²) in [5, 5.41) is 3.22. The van der Waals surface area contributed by atoms with Crippen molar-refractivity contribution >= 4 is 23.8 Å². The number of nitrogens with zero attached hydrogens (tertiary/aromatic N) is 1. The molecule has 5 atom stereocenters. The summed E-state index contributed by atoms with van der Waals surface area (Å²) in [7, 11) is 0. The molecule has 1 aromatic rings. The van der Waals surface area contributed by atoms with Crippen molar-refractivity contribution in [2.45, 2.75) is 83.0 Å². The second-order valence-electron chi connectivity index (χ2n) is 10.7. The molecule has 0 aliphatic heterocycles. The maximum atomic E-state index is 13.5. The zero-order valence-electron chi connectivity index (χ0n) is 20.5. The van der Waals surface area contributed by atoms with Crippen LogP contribution in [0.4, 0.5) is 13.2 Å². The number of alkyl halides is 3. The van der Waals surface area contributed by atoms with Gasteiger partial charge in [0.05, 0.1) is 5.56 Å². The molecule has 0 aromatic heterocycles. The minimum absolute atomic E-state index is 0.0658. The molecule has 1 aromatic carbocycles. The third kappa shape index (κ3) is 5.40. The fourth-order valence-electron chi connectivity index (χ4n) is 5.86. The number of fused-ring (bicyclic) bond motifs is 2. The van der Waals surface area contributed by atoms with Crippen molar-refractivity contribution in [2.24, 2.45) is 28.9 Å². The second-order valence-corrected chi connectivity index (χ2v) is 11.8. The number of nitrogens with one attached hydrogen (secondary N) is 1. The summed E-state index contributed by atoms with van der Waals surface area (Å²) in [6, 6.07) is 5.32. The number of carbonyl (C=O) groups excluding carboxylic acids is 2. The summed E-state index contributed by atoms with van der Waals surface area (Å²) >= 11 is 0.953. The van der Waals surface area contributed by atoms with Gasteiger partial charge in [-0.05, 0) is 81.4 Å². The van der Waals surface area contributed by atoms with Crippen LogP contribution in [-0.4, -0.2) is 34.2 Å². The van der Waals surface area contributed by atoms with Crippen molar-refractivity contribution in [1.29, 1.82) is 0 Å². The van der Waals surface area contributed by atoms with Crippen molar-refractivity contribution in [3.8, 4) is 0 Å². The highest BCUT2D eigenvalue weighted by Crippen LogP contribution is 2.50. The third-order valence-corrected chi connectivity index (χ3v) is 9.16. The molecule has 2 amide bonds. The lowest BCUT2D eigenvalue weighted by Gasteiger charge is -2.50. The third-order valence-electron chi connectivity index (χ3n) is 7.67. The maximum absolute atomic E-state index is 13.5. The summed E-state index contributed by atoms with van der Waals surface area (Å²) in [5.41, 5.74) is 3.37. The smallest absolute Gasteiger partial charge is 0.369 e. The van der Waals surface area contributed by atoms with Crippen LogP contribution in [0.5, 0.6) is 0 Å². The standard InChI is InChI=1S/C25H36F3N3O2S/c1-6-31(34-19-10-8-7-9-18(19)25(26,27)28)23(3,4)22(33)30-20-15(2)11-16-12-17(20)14-24(5,13-16)21(29)32/h7-10,15-17,20H,6,11-14H2,1-5H3,(H2,29,32)(H,30,33). The average Bonchev–Trinajstić information content (AvgIpc) is 2.73. The first kappa shape index (κ1) is 26.9. The van der Waals surface area contributed by atoms with E-state index in [4.69, 9.17) is 5.73 Å². The number of primary amides is 1. The summed E-state index contributed by atoms with van der Waals surface area (Å²) < 4.78 is 42.2. The minimum Gasteiger partial charge on any atom is -0.369 e. The van der Waals surface area contributed by atoms with Gasteiger partial charge in [-0.25, -0.2) is 4.31 Å². The molecular weight excluding hydrogens is 463 g/mol. The minimum atomic E-state index is -4.47. The molecule has 5 nitrogen and oxygen atoms in total. The summed E-state index contributed by atoms with van der Waals surface area (Å²) in [6.07, 6.45) is -1.19. The van der Waals surface area contributed by atoms with E-state index in [9.17, 15) is 22.8 Å². The van der Waals surface area contributed by atoms with Gasteiger partial charge in [0, 0.05) is 22.9 Å². The number of nitrogens with two attached hydrogens (primary N) is 1. The number of likely N-dealkylation sites (N-methyl/N-ethyl adjacent to an activating group) is 1. The molecule has 0 radical (unpaired) electrons. The molecule has 2 bridgehead atoms. The monoisotopic (exact) mass is 499 g/mol. The van der Waals surface area contributed by atoms with Gasteiger partial charge in [-0.2, -0.15) is 13.2 Å². The predicted octanol–water partition coefficient (Wildman–Crippen LogP) is 5.25. The fourth-order valence-corrected chi connectivity index (χ4v) is 6.96. The Hall–Kier alpha value is -1.74. The zero-order chi connectivity index (χ0) is 25.5. The van der Waals surface area contributed by atoms with Crippen molar-refractivity contribution in [3.63, 3.8) is 0 Å². The van der Waals surface area contributed by atoms with Crippen molar-refractivity contribution < 1.29 is 22.8 Å². The second kappa shape index (κ2) is 9.72. The molecule has 3 rings (SSSR count). The Morgan fingerprint density at radius 2 is 1.85 bits per heavy atom. The number of hydrogen-bond donors (Lipinski definition) is 2. The molecule has 3 N–H and O–H groups in total. The zero-order valence-corrected chi connectivity index (χ0v) is 21.4. The van der Waals surface area contributed by atoms with E-state index in [2.05, 4.69) is 12.2 Å². The van der Waals surface area contributed by atoms with Gasteiger partial charge in [0.15, 0.2) is 0 Å². The topological polar surface area (TPSA) is 75.4 Å². The number of carbonyl (C=O) groups is 2. The SMILES string of the molecule is CCN(Sc1ccccc1C(F)(F)F)C(C)(C)C(=O)NC1C(C)CC2CC1CC(C)(C(N)=O)C2. The molecule has 2 aliphatic carbocycles. The molecule has 0 spiro atoms. The van der Waals surface area contributed by atoms with E-state index < -0.39 is 22.7 Å². The van der Waals surface area contributed by atoms with Gasteiger partial charge in [-0.3, -0.25) is 9.59 Å². The molecule has 0 saturated heterocycles. The van der Waals surface area contributed by atoms with E-state index in [1.165, 1.54) is 12.1 Å². The number of rotatable bonds is 7. The van der Waals surface area contributed by atoms with Crippen LogP contribution in [0.1, 0.15) is 65.9 Å². The molecule has 190 valence electrons. The molecule has 9 heteroatoms. The van der Waals surface area contributed by atoms with Gasteiger partial charge in [0.2, 0.25) is 11.8 Å². The van der Waals surface area contributed by atoms with Crippen LogP contribution >= 0.6 is 11.9 Å². The van der Waals surface area contributed by atoms with Crippen LogP contribution in [0.3, 0.4) is 0 Å². The van der Waals surface area contributed by atoms with E-state index in [-0.39, 0.29) is 34.6 Å². The number of halogens is 3. The quantitative estimate of drug-likeness (QED) is 0.503. The number of benzene rings is 1. The lowest BCUT2D eigenvalue weighted by molar-refractivity contribution is -0.139. The Bertz CT molecular complexity index is 921. The van der Waals surface area contributed by atoms with Crippen LogP contribution in [0.15, 0.2) is 29.2 Å². The highest BCUT2D eigenvalue weighted by atomic mass is 32.2. The van der Waals surface area contributed by atoms with Crippen LogP contribution in [0, 0.1) is 23.2 Å². The van der Waals surface area contributed by atoms with Gasteiger partial charge >= 0.3 is 6.18 Å². The Labute approximate surface area is 204 Å². The fraction of sp³-hybridized carbons (Fsp3) is 0.680. The first-order chi connectivity index (χ1) is 15.7. The molecule has 5 unspecified atom stereocenters. The first-order valence-electron chi connectivity index (χ1n) is 11.9. The van der Waals surface area contributed by atoms with Gasteiger partial charge in [0.25, 0.3) is 0 Å². The highest BCUT2D eigenvalue weighted by Gasteiger charge is 2.49. The molecular formula is C25H36F3N3O2S. The van der Waals surface area contributed by atoms with Crippen molar-refractivity contribution in [1.82, 2.24) is 9.62 Å². The molecule has 2 saturated carbocycles. The van der Waals surface area contributed by atoms with Crippen LogP contribution < -0.4 is 11.1 Å². The van der Waals surface area contributed by atoms with Crippen LogP contribution in [0.2, 0.25) is 0 Å². The summed E-state index contributed by atoms with van der Waals surface area (Å²) in [4.78, 5) is 25.7. The van der Waals surface area contributed by atoms with Gasteiger partial charge in [0.1, 0.15) is 5.54 Å². The largest absolute Gasteiger partial charge is 0.417 e. The normalized spacial score (nSPS) is 29.7. The van der Waals surface area contributed by atoms with Gasteiger partial charge < -0.3 is 11.1 Å². The first-order valence-corrected chi connectivity index (χ1v) is 12.7. The molecule has 34 heavy (non-hydrogen) atoms. The maximum Gasteiger partial charge on any atom is 0.417 e. The van der Waals surface area contributed by atoms with Crippen LogP contribution in [0.25, 0.3) is 0 Å². The number of hydrogen-bond acceptors (Lipinski definition) is 4. The Balaban J connectivity index is 1.78. The van der Waals surface area contributed by atoms with Gasteiger partial charge in [-0.15, -0.1) is 0 Å². The van der Waals surface area contributed by atoms with E-state index >= 15 is 0 Å². The van der Waals surface area contributed by atoms with E-state index in [0.717, 1.165) is 37.3 Å². The predicted molar refractivity (Wildman–Crippen MR) is 128 cm³/mol. The lowest BCUT2D eigenvalue weighted by atomic mass is 9.57. The van der Waals surface area contributed by atoms with E-state index in [0.29, 0.717) is 18.9 Å². The summed E-state index contributed by atoms with van der Waals surface area (Å²) in [5.74, 6) is 0.282. The van der Waals surface area contributed by atoms with E-state index in [1.807, 2.05) is 13.8 Å². The number of amides is 2. The summed E-state index contributed by atoms with van der Waals surface area (Å²) in [6.45, 7) is 9.71. The molecule has 2 fully saturated rings. The average molecular weight is 500 g/mol. The van der Waals surface area contributed by atoms with E-state index in [1.54, 1.807) is 24.2 Å². The van der Waals surface area contributed by atoms with Crippen LogP contribution in [-0.2, 0) is 15.8 Å². The molecule has 0 heterocycles.